The summed E-state index contributed by atoms with van der Waals surface area (Å²) in [6, 6.07) is 60.3. The van der Waals surface area contributed by atoms with E-state index >= 15 is 0 Å². The zero-order chi connectivity index (χ0) is 43.6. The molecule has 0 N–H and O–H groups in total. The Balaban J connectivity index is 0.981. The number of fused-ring (bicyclic) bond motifs is 8. The van der Waals surface area contributed by atoms with E-state index in [0.717, 1.165) is 111 Å². The van der Waals surface area contributed by atoms with Crippen molar-refractivity contribution in [2.24, 2.45) is 0 Å². The first-order chi connectivity index (χ1) is 31.2. The van der Waals surface area contributed by atoms with Gasteiger partial charge in [-0.15, -0.1) is 12.8 Å². The number of nitrogens with zero attached hydrogens (tertiary/aromatic N) is 2. The van der Waals surface area contributed by atoms with Crippen LogP contribution < -0.4 is 9.80 Å². The van der Waals surface area contributed by atoms with Crippen molar-refractivity contribution in [1.29, 1.82) is 0 Å². The van der Waals surface area contributed by atoms with Gasteiger partial charge >= 0.3 is 0 Å². The zero-order valence-corrected chi connectivity index (χ0v) is 36.2. The molecule has 0 aliphatic carbocycles. The van der Waals surface area contributed by atoms with Gasteiger partial charge in [-0.2, -0.15) is 0 Å². The molecule has 0 atom stereocenters. The number of hydrogen-bond acceptors (Lipinski definition) is 4. The molecule has 0 radical (unpaired) electrons. The predicted molar refractivity (Wildman–Crippen MR) is 269 cm³/mol. The van der Waals surface area contributed by atoms with Crippen molar-refractivity contribution < 1.29 is 8.83 Å². The first kappa shape index (κ1) is 38.7. The smallest absolute Gasteiger partial charge is 0.139 e. The van der Waals surface area contributed by atoms with Crippen LogP contribution in [0.1, 0.15) is 61.8 Å². The molecular formula is C60H44N2O2. The Morgan fingerprint density at radius 3 is 1.03 bits per heavy atom. The van der Waals surface area contributed by atoms with Gasteiger partial charge in [-0.25, -0.2) is 0 Å². The zero-order valence-electron chi connectivity index (χ0n) is 36.2. The van der Waals surface area contributed by atoms with Gasteiger partial charge in [-0.1, -0.05) is 75.9 Å². The molecule has 0 amide bonds. The molecule has 4 nitrogen and oxygen atoms in total. The molecule has 0 saturated heterocycles. The molecule has 11 aromatic rings. The lowest BCUT2D eigenvalue weighted by Gasteiger charge is -2.26. The van der Waals surface area contributed by atoms with Crippen molar-refractivity contribution in [3.63, 3.8) is 0 Å². The van der Waals surface area contributed by atoms with E-state index in [1.807, 2.05) is 30.3 Å². The number of anilines is 6. The second-order valence-corrected chi connectivity index (χ2v) is 17.4. The van der Waals surface area contributed by atoms with Crippen molar-refractivity contribution >= 4 is 99.5 Å². The maximum atomic E-state index is 6.63. The molecule has 0 aliphatic heterocycles. The Morgan fingerprint density at radius 1 is 0.344 bits per heavy atom. The summed E-state index contributed by atoms with van der Waals surface area (Å²) in [7, 11) is 0. The van der Waals surface area contributed by atoms with Gasteiger partial charge in [0.25, 0.3) is 0 Å². The van der Waals surface area contributed by atoms with Crippen LogP contribution in [0.5, 0.6) is 0 Å². The van der Waals surface area contributed by atoms with Gasteiger partial charge < -0.3 is 18.6 Å². The van der Waals surface area contributed by atoms with Gasteiger partial charge in [0.2, 0.25) is 0 Å². The molecule has 0 bridgehead atoms. The third-order valence-corrected chi connectivity index (χ3v) is 12.7. The number of terminal acetylenes is 2. The van der Waals surface area contributed by atoms with Crippen LogP contribution in [0.15, 0.2) is 179 Å². The predicted octanol–water partition coefficient (Wildman–Crippen LogP) is 16.9. The van der Waals surface area contributed by atoms with Gasteiger partial charge in [-0.05, 0) is 172 Å². The number of furan rings is 2. The Labute approximate surface area is 373 Å². The molecule has 0 saturated carbocycles. The summed E-state index contributed by atoms with van der Waals surface area (Å²) in [4.78, 5) is 4.55. The van der Waals surface area contributed by atoms with Crippen LogP contribution in [0, 0.1) is 24.7 Å². The summed E-state index contributed by atoms with van der Waals surface area (Å²) in [5.41, 5.74) is 13.9. The fourth-order valence-corrected chi connectivity index (χ4v) is 9.11. The molecule has 0 unspecified atom stereocenters. The van der Waals surface area contributed by atoms with Crippen molar-refractivity contribution in [2.75, 3.05) is 9.80 Å². The third-order valence-electron chi connectivity index (χ3n) is 12.7. The second-order valence-electron chi connectivity index (χ2n) is 17.4. The molecule has 0 aliphatic rings. The summed E-state index contributed by atoms with van der Waals surface area (Å²) in [6.07, 6.45) is 11.4. The quantitative estimate of drug-likeness (QED) is 0.143. The lowest BCUT2D eigenvalue weighted by atomic mass is 10.0. The highest BCUT2D eigenvalue weighted by Crippen LogP contribution is 2.43. The van der Waals surface area contributed by atoms with Crippen molar-refractivity contribution in [2.45, 2.75) is 39.5 Å². The minimum absolute atomic E-state index is 0.446. The van der Waals surface area contributed by atoms with Crippen LogP contribution in [-0.4, -0.2) is 0 Å². The normalized spacial score (nSPS) is 11.7. The second kappa shape index (κ2) is 15.3. The molecule has 64 heavy (non-hydrogen) atoms. The summed E-state index contributed by atoms with van der Waals surface area (Å²) in [6.45, 7) is 8.87. The Bertz CT molecular complexity index is 3430. The van der Waals surface area contributed by atoms with E-state index in [0.29, 0.717) is 11.8 Å². The Kier molecular flexibility index (Phi) is 9.27. The summed E-state index contributed by atoms with van der Waals surface area (Å²) in [5.74, 6) is 6.39. The van der Waals surface area contributed by atoms with Crippen molar-refractivity contribution in [3.8, 4) is 24.7 Å². The number of benzene rings is 9. The van der Waals surface area contributed by atoms with Gasteiger partial charge in [-0.3, -0.25) is 0 Å². The molecule has 0 spiro atoms. The lowest BCUT2D eigenvalue weighted by Crippen LogP contribution is -2.10. The van der Waals surface area contributed by atoms with Crippen LogP contribution in [0.3, 0.4) is 0 Å². The SMILES string of the molecule is C#Cc1ccc(N(c2ccc(C(C)C)cc2)c2ccc3cc4c(cc3c2)oc2cc3oc5cc6cc(N(c7ccc(C#C)cc7)c7ccc(C(C)C)cc7)ccc6cc5c3cc24)cc1. The van der Waals surface area contributed by atoms with E-state index < -0.39 is 0 Å². The minimum Gasteiger partial charge on any atom is -0.456 e. The first-order valence-corrected chi connectivity index (χ1v) is 21.8. The van der Waals surface area contributed by atoms with Crippen LogP contribution in [-0.2, 0) is 0 Å². The van der Waals surface area contributed by atoms with E-state index in [1.165, 1.54) is 11.1 Å². The fourth-order valence-electron chi connectivity index (χ4n) is 9.11. The molecule has 4 heteroatoms. The standard InChI is InChI=1S/C60H44N2O2/c1-7-39-9-19-47(20-10-39)61(49-23-13-41(14-24-49)37(3)4)51-27-17-43-31-53-55-35-56-54-32-44-18-28-52(30-46(44)34-58(54)64-60(56)36-59(55)63-57(53)33-45(43)29-51)62(48-21-11-40(8-2)12-22-48)50-25-15-42(16-26-50)38(5)6/h1-2,9-38H,3-6H3. The highest BCUT2D eigenvalue weighted by atomic mass is 16.3. The van der Waals surface area contributed by atoms with E-state index in [2.05, 4.69) is 189 Å². The average molecular weight is 825 g/mol. The van der Waals surface area contributed by atoms with Crippen LogP contribution in [0.4, 0.5) is 34.1 Å². The summed E-state index contributed by atoms with van der Waals surface area (Å²) < 4.78 is 13.3. The number of hydrogen-bond donors (Lipinski definition) is 0. The van der Waals surface area contributed by atoms with E-state index in [9.17, 15) is 0 Å². The van der Waals surface area contributed by atoms with Crippen LogP contribution in [0.25, 0.3) is 65.4 Å². The van der Waals surface area contributed by atoms with Gasteiger partial charge in [0.1, 0.15) is 22.3 Å². The lowest BCUT2D eigenvalue weighted by molar-refractivity contribution is 0.656. The maximum Gasteiger partial charge on any atom is 0.139 e. The summed E-state index contributed by atoms with van der Waals surface area (Å²) in [5, 5.41) is 8.69. The molecule has 9 aromatic carbocycles. The molecule has 11 rings (SSSR count). The monoisotopic (exact) mass is 824 g/mol. The van der Waals surface area contributed by atoms with Crippen LogP contribution in [0.2, 0.25) is 0 Å². The largest absolute Gasteiger partial charge is 0.456 e. The molecule has 2 heterocycles. The third kappa shape index (κ3) is 6.69. The Morgan fingerprint density at radius 2 is 0.672 bits per heavy atom. The van der Waals surface area contributed by atoms with Crippen LogP contribution >= 0.6 is 0 Å². The number of rotatable bonds is 8. The van der Waals surface area contributed by atoms with Gasteiger partial charge in [0.05, 0.1) is 0 Å². The van der Waals surface area contributed by atoms with Gasteiger partial charge in [0, 0.05) is 72.9 Å². The minimum atomic E-state index is 0.446. The highest BCUT2D eigenvalue weighted by Gasteiger charge is 2.19. The molecule has 2 aromatic heterocycles. The Hall–Kier alpha value is -8.18. The summed E-state index contributed by atoms with van der Waals surface area (Å²) >= 11 is 0. The maximum absolute atomic E-state index is 6.63. The highest BCUT2D eigenvalue weighted by molar-refractivity contribution is 6.18. The van der Waals surface area contributed by atoms with Crippen molar-refractivity contribution in [1.82, 2.24) is 0 Å². The average Bonchev–Trinajstić information content (AvgIpc) is 3.85. The fraction of sp³-hybridized carbons (Fsp3) is 0.100. The van der Waals surface area contributed by atoms with E-state index in [1.54, 1.807) is 0 Å². The first-order valence-electron chi connectivity index (χ1n) is 21.8. The van der Waals surface area contributed by atoms with Crippen molar-refractivity contribution in [3.05, 3.63) is 192 Å². The van der Waals surface area contributed by atoms with E-state index in [4.69, 9.17) is 21.7 Å². The molecule has 0 fully saturated rings. The van der Waals surface area contributed by atoms with Gasteiger partial charge in [0.15, 0.2) is 0 Å². The van der Waals surface area contributed by atoms with E-state index in [-0.39, 0.29) is 0 Å². The molecule has 306 valence electrons. The molecular weight excluding hydrogens is 781 g/mol. The topological polar surface area (TPSA) is 32.8 Å².